The normalized spacial score (nSPS) is 17.3. The van der Waals surface area contributed by atoms with Crippen LogP contribution in [0.5, 0.6) is 0 Å². The lowest BCUT2D eigenvalue weighted by molar-refractivity contribution is -0.145. The summed E-state index contributed by atoms with van der Waals surface area (Å²) in [4.78, 5) is 14.0. The molecular formula is C17H26N2O2. The van der Waals surface area contributed by atoms with Crippen LogP contribution < -0.4 is 10.2 Å². The largest absolute Gasteiger partial charge is 0.480 e. The second-order valence-electron chi connectivity index (χ2n) is 6.17. The van der Waals surface area contributed by atoms with Crippen LogP contribution in [0.15, 0.2) is 24.3 Å². The molecule has 0 bridgehead atoms. The van der Waals surface area contributed by atoms with Crippen molar-refractivity contribution < 1.29 is 9.90 Å². The SMILES string of the molecule is CCCNC(CN(C)c1cccc(C)c1)(C(=O)O)C1CC1. The van der Waals surface area contributed by atoms with Gasteiger partial charge in [0.25, 0.3) is 0 Å². The first-order valence-corrected chi connectivity index (χ1v) is 7.76. The fourth-order valence-electron chi connectivity index (χ4n) is 2.90. The molecule has 21 heavy (non-hydrogen) atoms. The van der Waals surface area contributed by atoms with Crippen molar-refractivity contribution in [3.05, 3.63) is 29.8 Å². The summed E-state index contributed by atoms with van der Waals surface area (Å²) in [6.07, 6.45) is 2.95. The van der Waals surface area contributed by atoms with Crippen LogP contribution in [0.3, 0.4) is 0 Å². The Morgan fingerprint density at radius 3 is 2.71 bits per heavy atom. The van der Waals surface area contributed by atoms with Crippen molar-refractivity contribution in [3.63, 3.8) is 0 Å². The highest BCUT2D eigenvalue weighted by Crippen LogP contribution is 2.41. The van der Waals surface area contributed by atoms with E-state index in [4.69, 9.17) is 0 Å². The van der Waals surface area contributed by atoms with Gasteiger partial charge in [0.05, 0.1) is 0 Å². The number of hydrogen-bond acceptors (Lipinski definition) is 3. The molecule has 4 nitrogen and oxygen atoms in total. The average molecular weight is 290 g/mol. The van der Waals surface area contributed by atoms with E-state index in [1.165, 1.54) is 5.56 Å². The van der Waals surface area contributed by atoms with Gasteiger partial charge in [0, 0.05) is 19.3 Å². The van der Waals surface area contributed by atoms with Crippen molar-refractivity contribution in [2.75, 3.05) is 25.0 Å². The Bertz CT molecular complexity index is 499. The molecule has 1 aliphatic carbocycles. The number of carboxylic acids is 1. The van der Waals surface area contributed by atoms with Crippen molar-refractivity contribution >= 4 is 11.7 Å². The molecule has 2 rings (SSSR count). The molecule has 1 aliphatic rings. The second-order valence-corrected chi connectivity index (χ2v) is 6.17. The highest BCUT2D eigenvalue weighted by molar-refractivity contribution is 5.81. The van der Waals surface area contributed by atoms with Crippen LogP contribution in [-0.2, 0) is 4.79 Å². The summed E-state index contributed by atoms with van der Waals surface area (Å²) in [7, 11) is 1.97. The van der Waals surface area contributed by atoms with E-state index in [-0.39, 0.29) is 5.92 Å². The Labute approximate surface area is 127 Å². The minimum atomic E-state index is -0.825. The summed E-state index contributed by atoms with van der Waals surface area (Å²) >= 11 is 0. The number of carbonyl (C=O) groups is 1. The van der Waals surface area contributed by atoms with Gasteiger partial charge in [-0.3, -0.25) is 4.79 Å². The number of hydrogen-bond donors (Lipinski definition) is 2. The topological polar surface area (TPSA) is 52.6 Å². The number of nitrogens with zero attached hydrogens (tertiary/aromatic N) is 1. The molecule has 0 amide bonds. The Morgan fingerprint density at radius 1 is 1.48 bits per heavy atom. The monoisotopic (exact) mass is 290 g/mol. The van der Waals surface area contributed by atoms with Gasteiger partial charge < -0.3 is 15.3 Å². The van der Waals surface area contributed by atoms with Crippen molar-refractivity contribution in [2.45, 2.75) is 38.6 Å². The highest BCUT2D eigenvalue weighted by Gasteiger charge is 2.51. The maximum absolute atomic E-state index is 12.0. The van der Waals surface area contributed by atoms with Crippen LogP contribution >= 0.6 is 0 Å². The molecule has 1 fully saturated rings. The van der Waals surface area contributed by atoms with Gasteiger partial charge in [-0.1, -0.05) is 19.1 Å². The summed E-state index contributed by atoms with van der Waals surface area (Å²) < 4.78 is 0. The molecule has 0 heterocycles. The third-order valence-corrected chi connectivity index (χ3v) is 4.28. The van der Waals surface area contributed by atoms with Crippen molar-refractivity contribution in [2.24, 2.45) is 5.92 Å². The first kappa shape index (κ1) is 15.8. The van der Waals surface area contributed by atoms with Gasteiger partial charge >= 0.3 is 5.97 Å². The van der Waals surface area contributed by atoms with E-state index in [0.717, 1.165) is 31.5 Å². The number of likely N-dealkylation sites (N-methyl/N-ethyl adjacent to an activating group) is 1. The van der Waals surface area contributed by atoms with Crippen molar-refractivity contribution in [1.82, 2.24) is 5.32 Å². The van der Waals surface area contributed by atoms with Crippen molar-refractivity contribution in [3.8, 4) is 0 Å². The van der Waals surface area contributed by atoms with E-state index in [2.05, 4.69) is 36.2 Å². The van der Waals surface area contributed by atoms with Crippen LogP contribution in [0.25, 0.3) is 0 Å². The summed E-state index contributed by atoms with van der Waals surface area (Å²) in [5.74, 6) is -0.480. The van der Waals surface area contributed by atoms with Crippen LogP contribution in [-0.4, -0.2) is 36.8 Å². The molecule has 1 unspecified atom stereocenters. The van der Waals surface area contributed by atoms with Gasteiger partial charge in [-0.25, -0.2) is 0 Å². The number of nitrogens with one attached hydrogen (secondary N) is 1. The van der Waals surface area contributed by atoms with E-state index >= 15 is 0 Å². The van der Waals surface area contributed by atoms with Crippen LogP contribution in [0.2, 0.25) is 0 Å². The number of aliphatic carboxylic acids is 1. The Morgan fingerprint density at radius 2 is 2.19 bits per heavy atom. The smallest absolute Gasteiger partial charge is 0.326 e. The van der Waals surface area contributed by atoms with Crippen LogP contribution in [0.1, 0.15) is 31.7 Å². The Hall–Kier alpha value is -1.55. The molecule has 0 radical (unpaired) electrons. The molecule has 1 aromatic carbocycles. The van der Waals surface area contributed by atoms with Crippen LogP contribution in [0, 0.1) is 12.8 Å². The molecule has 2 N–H and O–H groups in total. The average Bonchev–Trinajstić information content (AvgIpc) is 3.27. The molecule has 0 saturated heterocycles. The fourth-order valence-corrected chi connectivity index (χ4v) is 2.90. The third-order valence-electron chi connectivity index (χ3n) is 4.28. The number of aryl methyl sites for hydroxylation is 1. The zero-order valence-electron chi connectivity index (χ0n) is 13.2. The molecule has 0 aromatic heterocycles. The standard InChI is InChI=1S/C17H26N2O2/c1-4-10-18-17(16(20)21,14-8-9-14)12-19(3)15-7-5-6-13(2)11-15/h5-7,11,14,18H,4,8-10,12H2,1-3H3,(H,20,21). The van der Waals surface area contributed by atoms with Gasteiger partial charge in [0.15, 0.2) is 0 Å². The van der Waals surface area contributed by atoms with E-state index in [1.807, 2.05) is 19.2 Å². The maximum Gasteiger partial charge on any atom is 0.326 e. The van der Waals surface area contributed by atoms with Gasteiger partial charge in [-0.05, 0) is 56.3 Å². The maximum atomic E-state index is 12.0. The lowest BCUT2D eigenvalue weighted by Gasteiger charge is -2.35. The van der Waals surface area contributed by atoms with E-state index in [0.29, 0.717) is 6.54 Å². The molecule has 4 heteroatoms. The molecule has 0 spiro atoms. The van der Waals surface area contributed by atoms with Gasteiger partial charge in [-0.2, -0.15) is 0 Å². The summed E-state index contributed by atoms with van der Waals surface area (Å²) in [6, 6.07) is 8.20. The molecule has 1 saturated carbocycles. The lowest BCUT2D eigenvalue weighted by Crippen LogP contribution is -2.60. The molecule has 1 atom stereocenters. The minimum absolute atomic E-state index is 0.244. The van der Waals surface area contributed by atoms with Gasteiger partial charge in [0.1, 0.15) is 5.54 Å². The number of carboxylic acid groups (broad SMARTS) is 1. The summed E-state index contributed by atoms with van der Waals surface area (Å²) in [5.41, 5.74) is 1.43. The Kier molecular flexibility index (Phi) is 4.88. The Balaban J connectivity index is 2.19. The zero-order chi connectivity index (χ0) is 15.5. The summed E-state index contributed by atoms with van der Waals surface area (Å²) in [6.45, 7) is 5.36. The second kappa shape index (κ2) is 6.48. The fraction of sp³-hybridized carbons (Fsp3) is 0.588. The number of benzene rings is 1. The van der Waals surface area contributed by atoms with Gasteiger partial charge in [-0.15, -0.1) is 0 Å². The predicted molar refractivity (Wildman–Crippen MR) is 85.8 cm³/mol. The summed E-state index contributed by atoms with van der Waals surface area (Å²) in [5, 5.41) is 13.1. The van der Waals surface area contributed by atoms with E-state index in [9.17, 15) is 9.90 Å². The first-order chi connectivity index (χ1) is 9.99. The lowest BCUT2D eigenvalue weighted by atomic mass is 9.92. The predicted octanol–water partition coefficient (Wildman–Crippen LogP) is 2.66. The zero-order valence-corrected chi connectivity index (χ0v) is 13.2. The van der Waals surface area contributed by atoms with Crippen molar-refractivity contribution in [1.29, 1.82) is 0 Å². The third kappa shape index (κ3) is 3.56. The number of anilines is 1. The molecular weight excluding hydrogens is 264 g/mol. The van der Waals surface area contributed by atoms with E-state index in [1.54, 1.807) is 0 Å². The molecule has 116 valence electrons. The first-order valence-electron chi connectivity index (χ1n) is 7.76. The molecule has 1 aromatic rings. The van der Waals surface area contributed by atoms with E-state index < -0.39 is 11.5 Å². The quantitative estimate of drug-likeness (QED) is 0.773. The minimum Gasteiger partial charge on any atom is -0.480 e. The number of rotatable bonds is 8. The van der Waals surface area contributed by atoms with Gasteiger partial charge in [0.2, 0.25) is 0 Å². The highest BCUT2D eigenvalue weighted by atomic mass is 16.4. The van der Waals surface area contributed by atoms with Crippen LogP contribution in [0.4, 0.5) is 5.69 Å². The molecule has 0 aliphatic heterocycles.